The van der Waals surface area contributed by atoms with E-state index in [1.165, 1.54) is 74.7 Å². The Morgan fingerprint density at radius 2 is 0.667 bits per heavy atom. The van der Waals surface area contributed by atoms with Gasteiger partial charge in [0.15, 0.2) is 23.3 Å². The van der Waals surface area contributed by atoms with Crippen molar-refractivity contribution >= 4 is 46.9 Å². The zero-order valence-corrected chi connectivity index (χ0v) is 67.3. The predicted molar refractivity (Wildman–Crippen MR) is 452 cm³/mol. The summed E-state index contributed by atoms with van der Waals surface area (Å²) in [7, 11) is 0. The van der Waals surface area contributed by atoms with Crippen molar-refractivity contribution in [1.82, 2.24) is 39.9 Å². The number of nitrogens with one attached hydrogen (secondary N) is 4. The minimum Gasteiger partial charge on any atom is -0.382 e. The van der Waals surface area contributed by atoms with E-state index in [9.17, 15) is 57.2 Å². The standard InChI is InChI=1S/C27H28FN3O2.2C24H24FN3O2.C21H18FN3O2/c28-20-12-13-21-19(16-20)11-14-22-24(21)31-25(26(33)18-9-5-2-6-10-18)27(29-22)30-23(32)15-17-7-3-1-4-8-17;1-14(2)12-20(29)27-24-22(23(30)15-6-4-3-5-7-15)28-21-18-10-9-17(25)13-16(18)8-11-19(21)26-24;1-3-14(2)24(30)28-23-21(22(29)15-7-5-4-6-8-15)27-20-18-11-10-17(25)13-16(18)9-12-19(20)26-23;1-12(26)23-21-19(20(27)13-5-3-2-4-6-13)25-18-16-9-8-15(22)11-14(16)7-10-17(18)24-21/h2,5-6,9-10,12-13,16-17,26,33H,1,3-4,7-8,11,14-15H2,(H,29,30,32);3-7,9-10,13-14,23,30H,8,11-12H2,1-2H3,(H,26,27,29);4-8,10-11,13-14,22,29H,3,9,12H2,1-2H3,(H,26,28,30);2-6,8-9,11,20,27H,7,10H2,1H3,(H,23,24,26). The van der Waals surface area contributed by atoms with Crippen molar-refractivity contribution < 1.29 is 57.2 Å². The fraction of sp³-hybridized carbons (Fsp3) is 0.292. The van der Waals surface area contributed by atoms with E-state index in [-0.39, 0.29) is 93.3 Å². The van der Waals surface area contributed by atoms with E-state index < -0.39 is 24.4 Å². The number of halogens is 4. The zero-order valence-electron chi connectivity index (χ0n) is 67.3. The molecule has 24 heteroatoms. The lowest BCUT2D eigenvalue weighted by Gasteiger charge is -2.24. The third-order valence-corrected chi connectivity index (χ3v) is 22.2. The smallest absolute Gasteiger partial charge is 0.228 e. The van der Waals surface area contributed by atoms with Crippen LogP contribution >= 0.6 is 0 Å². The maximum absolute atomic E-state index is 13.8. The van der Waals surface area contributed by atoms with Crippen molar-refractivity contribution in [2.45, 2.75) is 162 Å². The number of carbonyl (C=O) groups excluding carboxylic acids is 4. The third kappa shape index (κ3) is 19.8. The SMILES string of the molecule is CC(=O)Nc1nc2c(nc1C(O)c1ccccc1)-c1ccc(F)cc1CC2.CC(C)CC(=O)Nc1nc2c(nc1C(O)c1ccccc1)-c1ccc(F)cc1CC2.CCC(C)C(=O)Nc1nc2c(nc1C(O)c1ccccc1)-c1ccc(F)cc1CC2.O=C(CC1CCCCC1)Nc1nc2c(nc1C(O)c1ccccc1)-c1ccc(F)cc1CC2. The van der Waals surface area contributed by atoms with E-state index >= 15 is 0 Å². The van der Waals surface area contributed by atoms with Gasteiger partial charge in [-0.3, -0.25) is 19.2 Å². The summed E-state index contributed by atoms with van der Waals surface area (Å²) in [6, 6.07) is 55.1. The number of aliphatic hydroxyl groups excluding tert-OH is 4. The normalized spacial score (nSPS) is 14.6. The van der Waals surface area contributed by atoms with Crippen LogP contribution in [0.2, 0.25) is 0 Å². The van der Waals surface area contributed by atoms with Crippen molar-refractivity contribution in [3.8, 4) is 45.0 Å². The molecule has 5 aliphatic carbocycles. The molecule has 1 fully saturated rings. The molecule has 120 heavy (non-hydrogen) atoms. The van der Waals surface area contributed by atoms with Crippen LogP contribution in [-0.4, -0.2) is 83.9 Å². The molecule has 0 saturated heterocycles. The summed E-state index contributed by atoms with van der Waals surface area (Å²) in [5, 5.41) is 55.5. The molecule has 4 amide bonds. The molecule has 8 aromatic carbocycles. The number of benzene rings is 8. The highest BCUT2D eigenvalue weighted by atomic mass is 19.1. The van der Waals surface area contributed by atoms with Crippen LogP contribution in [0.4, 0.5) is 40.8 Å². The summed E-state index contributed by atoms with van der Waals surface area (Å²) >= 11 is 0. The molecule has 12 aromatic rings. The average Bonchev–Trinajstić information content (AvgIpc) is 0.779. The van der Waals surface area contributed by atoms with Gasteiger partial charge in [0.25, 0.3) is 0 Å². The molecule has 4 heterocycles. The van der Waals surface area contributed by atoms with Crippen LogP contribution in [-0.2, 0) is 70.5 Å². The first kappa shape index (κ1) is 84.0. The number of hydrogen-bond donors (Lipinski definition) is 8. The van der Waals surface area contributed by atoms with E-state index in [1.807, 2.05) is 113 Å². The monoisotopic (exact) mass is 1620 g/mol. The number of anilines is 4. The molecule has 5 unspecified atom stereocenters. The van der Waals surface area contributed by atoms with Gasteiger partial charge in [0.05, 0.1) is 45.6 Å². The molecule has 5 atom stereocenters. The number of nitrogens with zero attached hydrogens (tertiary/aromatic N) is 8. The number of carbonyl (C=O) groups is 4. The molecular formula is C96H94F4N12O8. The molecule has 0 bridgehead atoms. The first-order chi connectivity index (χ1) is 58.0. The van der Waals surface area contributed by atoms with Crippen LogP contribution in [0.5, 0.6) is 0 Å². The number of fused-ring (bicyclic) bond motifs is 12. The van der Waals surface area contributed by atoms with Gasteiger partial charge in [0.2, 0.25) is 23.6 Å². The number of rotatable bonds is 18. The molecule has 4 aromatic heterocycles. The minimum absolute atomic E-state index is 0.0871. The zero-order chi connectivity index (χ0) is 84.3. The average molecular weight is 1620 g/mol. The van der Waals surface area contributed by atoms with Crippen LogP contribution in [0.15, 0.2) is 194 Å². The molecule has 0 aliphatic heterocycles. The Morgan fingerprint density at radius 3 is 0.958 bits per heavy atom. The topological polar surface area (TPSA) is 300 Å². The summed E-state index contributed by atoms with van der Waals surface area (Å²) in [6.07, 6.45) is 8.04. The quantitative estimate of drug-likeness (QED) is 0.0370. The van der Waals surface area contributed by atoms with E-state index in [0.29, 0.717) is 133 Å². The molecule has 614 valence electrons. The Morgan fingerprint density at radius 1 is 0.375 bits per heavy atom. The van der Waals surface area contributed by atoms with E-state index in [4.69, 9.17) is 19.9 Å². The molecule has 5 aliphatic rings. The number of aliphatic hydroxyl groups is 4. The van der Waals surface area contributed by atoms with Crippen molar-refractivity contribution in [2.24, 2.45) is 17.8 Å². The largest absolute Gasteiger partial charge is 0.382 e. The van der Waals surface area contributed by atoms with Crippen LogP contribution < -0.4 is 21.3 Å². The lowest BCUT2D eigenvalue weighted by Crippen LogP contribution is -2.24. The van der Waals surface area contributed by atoms with Gasteiger partial charge >= 0.3 is 0 Å². The van der Waals surface area contributed by atoms with E-state index in [2.05, 4.69) is 41.2 Å². The fourth-order valence-corrected chi connectivity index (χ4v) is 15.8. The Balaban J connectivity index is 0.000000131. The van der Waals surface area contributed by atoms with Crippen molar-refractivity contribution in [3.63, 3.8) is 0 Å². The predicted octanol–water partition coefficient (Wildman–Crippen LogP) is 17.7. The highest BCUT2D eigenvalue weighted by Crippen LogP contribution is 2.42. The van der Waals surface area contributed by atoms with Gasteiger partial charge in [0, 0.05) is 47.9 Å². The minimum atomic E-state index is -1.05. The molecule has 0 radical (unpaired) electrons. The van der Waals surface area contributed by atoms with Crippen molar-refractivity contribution in [2.75, 3.05) is 21.3 Å². The van der Waals surface area contributed by atoms with E-state index in [0.717, 1.165) is 80.1 Å². The summed E-state index contributed by atoms with van der Waals surface area (Å²) in [6.45, 7) is 9.11. The van der Waals surface area contributed by atoms with Gasteiger partial charge in [-0.15, -0.1) is 0 Å². The van der Waals surface area contributed by atoms with Gasteiger partial charge < -0.3 is 41.7 Å². The van der Waals surface area contributed by atoms with Gasteiger partial charge in [-0.1, -0.05) is 168 Å². The Hall–Kier alpha value is -12.5. The van der Waals surface area contributed by atoms with E-state index in [1.54, 1.807) is 60.7 Å². The molecule has 17 rings (SSSR count). The lowest BCUT2D eigenvalue weighted by molar-refractivity contribution is -0.119. The summed E-state index contributed by atoms with van der Waals surface area (Å²) < 4.78 is 54.7. The second-order valence-electron chi connectivity index (χ2n) is 31.4. The van der Waals surface area contributed by atoms with Crippen LogP contribution in [0, 0.1) is 41.0 Å². The van der Waals surface area contributed by atoms with Crippen molar-refractivity contribution in [1.29, 1.82) is 0 Å². The van der Waals surface area contributed by atoms with Gasteiger partial charge in [0.1, 0.15) is 70.5 Å². The summed E-state index contributed by atoms with van der Waals surface area (Å²) in [5.74, 6) is -0.306. The molecule has 20 nitrogen and oxygen atoms in total. The maximum Gasteiger partial charge on any atom is 0.228 e. The third-order valence-electron chi connectivity index (χ3n) is 22.2. The fourth-order valence-electron chi connectivity index (χ4n) is 15.8. The highest BCUT2D eigenvalue weighted by molar-refractivity contribution is 5.93. The molecule has 1 saturated carbocycles. The second kappa shape index (κ2) is 38.1. The number of hydrogen-bond acceptors (Lipinski definition) is 16. The Bertz CT molecular complexity index is 5750. The second-order valence-corrected chi connectivity index (χ2v) is 31.4. The summed E-state index contributed by atoms with van der Waals surface area (Å²) in [5.41, 5.74) is 16.0. The number of amides is 4. The first-order valence-corrected chi connectivity index (χ1v) is 40.9. The molecule has 0 spiro atoms. The van der Waals surface area contributed by atoms with Crippen LogP contribution in [0.25, 0.3) is 45.0 Å². The highest BCUT2D eigenvalue weighted by Gasteiger charge is 2.33. The Kier molecular flexibility index (Phi) is 26.6. The maximum atomic E-state index is 13.8. The molecular weight excluding hydrogens is 1530 g/mol. The lowest BCUT2D eigenvalue weighted by atomic mass is 9.87. The van der Waals surface area contributed by atoms with Gasteiger partial charge in [-0.05, 0) is 200 Å². The summed E-state index contributed by atoms with van der Waals surface area (Å²) in [4.78, 5) is 87.2. The molecule has 8 N–H and O–H groups in total. The van der Waals surface area contributed by atoms with Crippen LogP contribution in [0.1, 0.15) is 200 Å². The Labute approximate surface area is 693 Å². The van der Waals surface area contributed by atoms with Crippen LogP contribution in [0.3, 0.4) is 0 Å². The number of aryl methyl sites for hydroxylation is 8. The van der Waals surface area contributed by atoms with Gasteiger partial charge in [-0.2, -0.15) is 0 Å². The van der Waals surface area contributed by atoms with Crippen molar-refractivity contribution in [3.05, 3.63) is 307 Å². The number of aromatic nitrogens is 8. The van der Waals surface area contributed by atoms with Gasteiger partial charge in [-0.25, -0.2) is 57.4 Å². The first-order valence-electron chi connectivity index (χ1n) is 40.9.